The molecule has 2 heterocycles. The molecule has 5 nitrogen and oxygen atoms in total. The van der Waals surface area contributed by atoms with Crippen molar-refractivity contribution in [3.63, 3.8) is 0 Å². The standard InChI is InChI=1S/C26H31N3O2S/c1-20(2)16-28(26(31)24-11-7-15-32-24)19-25(30)29(22-12-13-22)18-23-10-6-14-27(23)17-21-8-4-3-5-9-21/h3-11,14-15,20,22H,12-13,16-19H2,1-2H3. The smallest absolute Gasteiger partial charge is 0.264 e. The van der Waals surface area contributed by atoms with Gasteiger partial charge < -0.3 is 14.4 Å². The van der Waals surface area contributed by atoms with E-state index in [1.54, 1.807) is 4.90 Å². The van der Waals surface area contributed by atoms with Crippen molar-refractivity contribution >= 4 is 23.2 Å². The average molecular weight is 450 g/mol. The van der Waals surface area contributed by atoms with E-state index in [4.69, 9.17) is 0 Å². The molecule has 3 aromatic rings. The second-order valence-corrected chi connectivity index (χ2v) is 9.87. The molecule has 1 aliphatic rings. The fourth-order valence-electron chi connectivity index (χ4n) is 3.98. The van der Waals surface area contributed by atoms with Crippen LogP contribution in [0.5, 0.6) is 0 Å². The highest BCUT2D eigenvalue weighted by atomic mass is 32.1. The lowest BCUT2D eigenvalue weighted by molar-refractivity contribution is -0.133. The number of benzene rings is 1. The van der Waals surface area contributed by atoms with Gasteiger partial charge in [-0.3, -0.25) is 9.59 Å². The summed E-state index contributed by atoms with van der Waals surface area (Å²) in [5, 5.41) is 1.90. The van der Waals surface area contributed by atoms with E-state index in [1.165, 1.54) is 16.9 Å². The Kier molecular flexibility index (Phi) is 7.10. The first-order valence-electron chi connectivity index (χ1n) is 11.3. The summed E-state index contributed by atoms with van der Waals surface area (Å²) in [6, 6.07) is 18.5. The lowest BCUT2D eigenvalue weighted by atomic mass is 10.2. The Morgan fingerprint density at radius 1 is 1.06 bits per heavy atom. The molecule has 2 aromatic heterocycles. The van der Waals surface area contributed by atoms with Gasteiger partial charge in [0.2, 0.25) is 5.91 Å². The maximum atomic E-state index is 13.4. The summed E-state index contributed by atoms with van der Waals surface area (Å²) >= 11 is 1.43. The fraction of sp³-hybridized carbons (Fsp3) is 0.385. The normalized spacial score (nSPS) is 13.3. The van der Waals surface area contributed by atoms with E-state index < -0.39 is 0 Å². The molecule has 0 spiro atoms. The molecule has 0 unspecified atom stereocenters. The number of nitrogens with zero attached hydrogens (tertiary/aromatic N) is 3. The average Bonchev–Trinajstić information content (AvgIpc) is 3.28. The third kappa shape index (κ3) is 5.68. The van der Waals surface area contributed by atoms with Crippen molar-refractivity contribution in [3.8, 4) is 0 Å². The minimum absolute atomic E-state index is 0.0329. The first-order chi connectivity index (χ1) is 15.5. The summed E-state index contributed by atoms with van der Waals surface area (Å²) in [5.41, 5.74) is 2.35. The van der Waals surface area contributed by atoms with Crippen LogP contribution in [0.2, 0.25) is 0 Å². The highest BCUT2D eigenvalue weighted by Gasteiger charge is 2.34. The number of aromatic nitrogens is 1. The van der Waals surface area contributed by atoms with E-state index in [2.05, 4.69) is 42.8 Å². The van der Waals surface area contributed by atoms with Crippen LogP contribution in [0.1, 0.15) is 47.6 Å². The van der Waals surface area contributed by atoms with Crippen LogP contribution < -0.4 is 0 Å². The SMILES string of the molecule is CC(C)CN(CC(=O)N(Cc1cccn1Cc1ccccc1)C1CC1)C(=O)c1cccs1. The van der Waals surface area contributed by atoms with Gasteiger partial charge in [-0.1, -0.05) is 50.2 Å². The Morgan fingerprint density at radius 3 is 2.50 bits per heavy atom. The van der Waals surface area contributed by atoms with Crippen molar-refractivity contribution < 1.29 is 9.59 Å². The van der Waals surface area contributed by atoms with Crippen LogP contribution in [0.4, 0.5) is 0 Å². The Hall–Kier alpha value is -2.86. The van der Waals surface area contributed by atoms with Crippen LogP contribution >= 0.6 is 11.3 Å². The predicted molar refractivity (Wildman–Crippen MR) is 129 cm³/mol. The van der Waals surface area contributed by atoms with Crippen molar-refractivity contribution in [2.24, 2.45) is 5.92 Å². The summed E-state index contributed by atoms with van der Waals surface area (Å²) in [5.74, 6) is 0.278. The largest absolute Gasteiger partial charge is 0.345 e. The van der Waals surface area contributed by atoms with Crippen LogP contribution in [0, 0.1) is 5.92 Å². The monoisotopic (exact) mass is 449 g/mol. The van der Waals surface area contributed by atoms with Crippen LogP contribution in [0.25, 0.3) is 0 Å². The zero-order valence-corrected chi connectivity index (χ0v) is 19.6. The number of carbonyl (C=O) groups excluding carboxylic acids is 2. The molecule has 1 aliphatic carbocycles. The van der Waals surface area contributed by atoms with Crippen LogP contribution in [-0.2, 0) is 17.9 Å². The molecule has 1 saturated carbocycles. The molecule has 4 rings (SSSR count). The molecule has 168 valence electrons. The molecule has 0 atom stereocenters. The highest BCUT2D eigenvalue weighted by molar-refractivity contribution is 7.12. The van der Waals surface area contributed by atoms with E-state index in [0.717, 1.165) is 25.1 Å². The summed E-state index contributed by atoms with van der Waals surface area (Å²) < 4.78 is 2.21. The second kappa shape index (κ2) is 10.2. The maximum Gasteiger partial charge on any atom is 0.264 e. The van der Waals surface area contributed by atoms with E-state index >= 15 is 0 Å². The molecule has 0 bridgehead atoms. The Balaban J connectivity index is 1.47. The number of carbonyl (C=O) groups is 2. The van der Waals surface area contributed by atoms with Gasteiger partial charge in [0.05, 0.1) is 11.4 Å². The Morgan fingerprint density at radius 2 is 1.84 bits per heavy atom. The van der Waals surface area contributed by atoms with E-state index in [-0.39, 0.29) is 24.4 Å². The Bertz CT molecular complexity index is 1020. The van der Waals surface area contributed by atoms with Crippen molar-refractivity contribution in [2.45, 2.75) is 45.8 Å². The van der Waals surface area contributed by atoms with E-state index in [0.29, 0.717) is 23.9 Å². The maximum absolute atomic E-state index is 13.4. The van der Waals surface area contributed by atoms with Gasteiger partial charge in [0.1, 0.15) is 6.54 Å². The lowest BCUT2D eigenvalue weighted by Crippen LogP contribution is -2.44. The number of rotatable bonds is 10. The Labute approximate surface area is 194 Å². The van der Waals surface area contributed by atoms with Crippen molar-refractivity contribution in [3.05, 3.63) is 82.3 Å². The molecule has 1 aromatic carbocycles. The van der Waals surface area contributed by atoms with Crippen molar-refractivity contribution in [2.75, 3.05) is 13.1 Å². The molecule has 6 heteroatoms. The summed E-state index contributed by atoms with van der Waals surface area (Å²) in [7, 11) is 0. The molecule has 0 radical (unpaired) electrons. The van der Waals surface area contributed by atoms with Gasteiger partial charge in [0, 0.05) is 31.0 Å². The van der Waals surface area contributed by atoms with Gasteiger partial charge in [0.15, 0.2) is 0 Å². The van der Waals surface area contributed by atoms with E-state index in [1.807, 2.05) is 46.7 Å². The second-order valence-electron chi connectivity index (χ2n) is 8.92. The summed E-state index contributed by atoms with van der Waals surface area (Å²) in [6.07, 6.45) is 4.14. The topological polar surface area (TPSA) is 45.6 Å². The van der Waals surface area contributed by atoms with Crippen LogP contribution in [-0.4, -0.2) is 45.3 Å². The fourth-order valence-corrected chi connectivity index (χ4v) is 4.67. The molecule has 1 fully saturated rings. The molecule has 0 N–H and O–H groups in total. The number of amides is 2. The minimum Gasteiger partial charge on any atom is -0.345 e. The van der Waals surface area contributed by atoms with Crippen LogP contribution in [0.15, 0.2) is 66.2 Å². The molecule has 32 heavy (non-hydrogen) atoms. The third-order valence-electron chi connectivity index (χ3n) is 5.69. The molecular formula is C26H31N3O2S. The van der Waals surface area contributed by atoms with Gasteiger partial charge in [-0.15, -0.1) is 11.3 Å². The predicted octanol–water partition coefficient (Wildman–Crippen LogP) is 4.89. The van der Waals surface area contributed by atoms with Gasteiger partial charge in [0.25, 0.3) is 5.91 Å². The highest BCUT2D eigenvalue weighted by Crippen LogP contribution is 2.29. The molecule has 0 aliphatic heterocycles. The van der Waals surface area contributed by atoms with Gasteiger partial charge in [-0.05, 0) is 47.9 Å². The van der Waals surface area contributed by atoms with Crippen molar-refractivity contribution in [1.29, 1.82) is 0 Å². The first-order valence-corrected chi connectivity index (χ1v) is 12.2. The number of hydrogen-bond acceptors (Lipinski definition) is 3. The summed E-state index contributed by atoms with van der Waals surface area (Å²) in [4.78, 5) is 30.8. The van der Waals surface area contributed by atoms with Crippen LogP contribution in [0.3, 0.4) is 0 Å². The summed E-state index contributed by atoms with van der Waals surface area (Å²) in [6.45, 7) is 6.22. The zero-order valence-electron chi connectivity index (χ0n) is 18.8. The van der Waals surface area contributed by atoms with Gasteiger partial charge in [-0.2, -0.15) is 0 Å². The minimum atomic E-state index is -0.0507. The molecule has 0 saturated heterocycles. The first kappa shape index (κ1) is 22.3. The lowest BCUT2D eigenvalue weighted by Gasteiger charge is -2.29. The van der Waals surface area contributed by atoms with Crippen molar-refractivity contribution in [1.82, 2.24) is 14.4 Å². The quantitative estimate of drug-likeness (QED) is 0.442. The molecule has 2 amide bonds. The van der Waals surface area contributed by atoms with Gasteiger partial charge in [-0.25, -0.2) is 0 Å². The number of thiophene rings is 1. The molecular weight excluding hydrogens is 418 g/mol. The zero-order chi connectivity index (χ0) is 22.5. The third-order valence-corrected chi connectivity index (χ3v) is 6.55. The van der Waals surface area contributed by atoms with E-state index in [9.17, 15) is 9.59 Å². The number of hydrogen-bond donors (Lipinski definition) is 0. The van der Waals surface area contributed by atoms with Gasteiger partial charge >= 0.3 is 0 Å².